The molecule has 0 saturated heterocycles. The summed E-state index contributed by atoms with van der Waals surface area (Å²) in [5.41, 5.74) is 3.00. The van der Waals surface area contributed by atoms with Crippen LogP contribution >= 0.6 is 0 Å². The van der Waals surface area contributed by atoms with Gasteiger partial charge >= 0.3 is 0 Å². The fourth-order valence-corrected chi connectivity index (χ4v) is 2.18. The molecule has 0 aromatic heterocycles. The van der Waals surface area contributed by atoms with E-state index >= 15 is 0 Å². The maximum Gasteiger partial charge on any atom is 0.117 e. The van der Waals surface area contributed by atoms with E-state index in [1.165, 1.54) is 5.56 Å². The van der Waals surface area contributed by atoms with Crippen LogP contribution in [0.15, 0.2) is 66.0 Å². The standard InChI is InChI=1S/C17H21N3O.2C2H6/c1-4-15(11-14(3)21)20(12-17-18-9-10-19-17)16-7-5-13(2)6-8-16;2*1-2/h4-8,11,21H,1,3,9-10,12H2,2H3,(H,18,19);2*1-2H3/b15-11+;;. The Hall–Kier alpha value is -2.49. The molecule has 0 radical (unpaired) electrons. The number of hydrogen-bond acceptors (Lipinski definition) is 4. The molecule has 0 spiro atoms. The lowest BCUT2D eigenvalue weighted by molar-refractivity contribution is 0.434. The molecule has 1 aliphatic rings. The van der Waals surface area contributed by atoms with Crippen molar-refractivity contribution in [2.75, 3.05) is 24.5 Å². The van der Waals surface area contributed by atoms with Gasteiger partial charge in [0, 0.05) is 24.0 Å². The number of aryl methyl sites for hydroxylation is 1. The molecule has 0 saturated carbocycles. The third-order valence-electron chi connectivity index (χ3n) is 3.23. The third kappa shape index (κ3) is 7.75. The lowest BCUT2D eigenvalue weighted by Gasteiger charge is -2.26. The van der Waals surface area contributed by atoms with E-state index in [0.29, 0.717) is 6.54 Å². The SMILES string of the molecule is C=C/C(=C\C(=C)O)N(CC1=NCCN1)c1ccc(C)cc1.CC.CC. The van der Waals surface area contributed by atoms with Crippen LogP contribution in [0.3, 0.4) is 0 Å². The van der Waals surface area contributed by atoms with Gasteiger partial charge in [-0.15, -0.1) is 0 Å². The molecule has 138 valence electrons. The molecular weight excluding hydrogens is 310 g/mol. The van der Waals surface area contributed by atoms with Crippen LogP contribution in [-0.2, 0) is 0 Å². The van der Waals surface area contributed by atoms with E-state index in [1.807, 2.05) is 44.7 Å². The monoisotopic (exact) mass is 343 g/mol. The smallest absolute Gasteiger partial charge is 0.117 e. The van der Waals surface area contributed by atoms with Crippen molar-refractivity contribution >= 4 is 11.5 Å². The molecule has 1 aromatic carbocycles. The number of aliphatic hydroxyl groups is 1. The fraction of sp³-hybridized carbons (Fsp3) is 0.381. The molecule has 2 rings (SSSR count). The number of amidine groups is 1. The molecule has 0 aliphatic carbocycles. The Bertz CT molecular complexity index is 586. The number of nitrogens with zero attached hydrogens (tertiary/aromatic N) is 2. The van der Waals surface area contributed by atoms with Gasteiger partial charge in [0.1, 0.15) is 11.6 Å². The molecule has 4 nitrogen and oxygen atoms in total. The molecule has 0 bridgehead atoms. The van der Waals surface area contributed by atoms with Crippen LogP contribution in [0, 0.1) is 6.92 Å². The molecule has 0 fully saturated rings. The van der Waals surface area contributed by atoms with Crippen molar-refractivity contribution in [3.8, 4) is 0 Å². The van der Waals surface area contributed by atoms with Crippen LogP contribution in [0.25, 0.3) is 0 Å². The van der Waals surface area contributed by atoms with Crippen molar-refractivity contribution in [1.29, 1.82) is 0 Å². The summed E-state index contributed by atoms with van der Waals surface area (Å²) in [5, 5.41) is 12.7. The molecule has 1 aliphatic heterocycles. The third-order valence-corrected chi connectivity index (χ3v) is 3.23. The number of rotatable bonds is 6. The highest BCUT2D eigenvalue weighted by Crippen LogP contribution is 2.21. The maximum absolute atomic E-state index is 9.46. The minimum Gasteiger partial charge on any atom is -0.509 e. The normalized spacial score (nSPS) is 12.5. The second kappa shape index (κ2) is 12.9. The Kier molecular flexibility index (Phi) is 11.6. The quantitative estimate of drug-likeness (QED) is 0.564. The minimum atomic E-state index is 0.00308. The highest BCUT2D eigenvalue weighted by molar-refractivity contribution is 5.89. The van der Waals surface area contributed by atoms with Gasteiger partial charge in [-0.3, -0.25) is 4.99 Å². The largest absolute Gasteiger partial charge is 0.509 e. The number of allylic oxidation sites excluding steroid dienone is 2. The van der Waals surface area contributed by atoms with Crippen molar-refractivity contribution in [1.82, 2.24) is 5.32 Å². The number of hydrogen-bond donors (Lipinski definition) is 2. The van der Waals surface area contributed by atoms with E-state index in [2.05, 4.69) is 42.5 Å². The summed E-state index contributed by atoms with van der Waals surface area (Å²) in [6.45, 7) is 19.7. The van der Waals surface area contributed by atoms with Crippen LogP contribution < -0.4 is 10.2 Å². The van der Waals surface area contributed by atoms with Gasteiger partial charge in [0.15, 0.2) is 0 Å². The van der Waals surface area contributed by atoms with Gasteiger partial charge in [-0.1, -0.05) is 58.5 Å². The summed E-state index contributed by atoms with van der Waals surface area (Å²) in [6.07, 6.45) is 3.30. The summed E-state index contributed by atoms with van der Waals surface area (Å²) in [6, 6.07) is 8.20. The number of nitrogens with one attached hydrogen (secondary N) is 1. The molecule has 0 atom stereocenters. The van der Waals surface area contributed by atoms with Crippen molar-refractivity contribution in [2.45, 2.75) is 34.6 Å². The van der Waals surface area contributed by atoms with E-state index in [9.17, 15) is 5.11 Å². The van der Waals surface area contributed by atoms with Crippen LogP contribution in [0.1, 0.15) is 33.3 Å². The van der Waals surface area contributed by atoms with Gasteiger partial charge in [-0.2, -0.15) is 0 Å². The Morgan fingerprint density at radius 1 is 1.24 bits per heavy atom. The molecule has 2 N–H and O–H groups in total. The summed E-state index contributed by atoms with van der Waals surface area (Å²) >= 11 is 0. The second-order valence-electron chi connectivity index (χ2n) is 4.94. The molecule has 1 aromatic rings. The van der Waals surface area contributed by atoms with Crippen LogP contribution in [0.2, 0.25) is 0 Å². The van der Waals surface area contributed by atoms with Crippen molar-refractivity contribution in [3.63, 3.8) is 0 Å². The maximum atomic E-state index is 9.46. The van der Waals surface area contributed by atoms with Gasteiger partial charge in [-0.05, 0) is 25.1 Å². The second-order valence-corrected chi connectivity index (χ2v) is 4.94. The first kappa shape index (κ1) is 22.5. The Morgan fingerprint density at radius 3 is 2.28 bits per heavy atom. The van der Waals surface area contributed by atoms with Crippen molar-refractivity contribution in [3.05, 3.63) is 66.6 Å². The molecule has 25 heavy (non-hydrogen) atoms. The fourth-order valence-electron chi connectivity index (χ4n) is 2.18. The molecule has 4 heteroatoms. The molecular formula is C21H33N3O. The number of aliphatic imine (C=N–C) groups is 1. The molecule has 0 unspecified atom stereocenters. The van der Waals surface area contributed by atoms with Gasteiger partial charge in [0.05, 0.1) is 13.1 Å². The Balaban J connectivity index is 0.00000134. The van der Waals surface area contributed by atoms with E-state index in [0.717, 1.165) is 30.3 Å². The van der Waals surface area contributed by atoms with Crippen LogP contribution in [0.5, 0.6) is 0 Å². The zero-order chi connectivity index (χ0) is 19.2. The summed E-state index contributed by atoms with van der Waals surface area (Å²) in [4.78, 5) is 6.48. The Labute approximate surface area is 153 Å². The average Bonchev–Trinajstić information content (AvgIpc) is 3.15. The number of benzene rings is 1. The van der Waals surface area contributed by atoms with Crippen molar-refractivity contribution in [2.24, 2.45) is 4.99 Å². The van der Waals surface area contributed by atoms with Crippen LogP contribution in [-0.4, -0.2) is 30.6 Å². The zero-order valence-corrected chi connectivity index (χ0v) is 16.3. The highest BCUT2D eigenvalue weighted by Gasteiger charge is 2.15. The number of aliphatic hydroxyl groups excluding tert-OH is 1. The minimum absolute atomic E-state index is 0.00308. The summed E-state index contributed by atoms with van der Waals surface area (Å²) in [7, 11) is 0. The lowest BCUT2D eigenvalue weighted by atomic mass is 10.2. The lowest BCUT2D eigenvalue weighted by Crippen LogP contribution is -2.34. The van der Waals surface area contributed by atoms with E-state index in [1.54, 1.807) is 12.2 Å². The predicted octanol–water partition coefficient (Wildman–Crippen LogP) is 5.00. The first-order chi connectivity index (χ1) is 12.1. The van der Waals surface area contributed by atoms with Crippen LogP contribution in [0.4, 0.5) is 5.69 Å². The molecule has 0 amide bonds. The van der Waals surface area contributed by atoms with Crippen molar-refractivity contribution < 1.29 is 5.11 Å². The molecule has 1 heterocycles. The van der Waals surface area contributed by atoms with Gasteiger partial charge in [0.25, 0.3) is 0 Å². The first-order valence-electron chi connectivity index (χ1n) is 8.93. The van der Waals surface area contributed by atoms with E-state index in [4.69, 9.17) is 0 Å². The van der Waals surface area contributed by atoms with Gasteiger partial charge in [0.2, 0.25) is 0 Å². The first-order valence-corrected chi connectivity index (χ1v) is 8.93. The predicted molar refractivity (Wildman–Crippen MR) is 112 cm³/mol. The topological polar surface area (TPSA) is 47.9 Å². The van der Waals surface area contributed by atoms with E-state index < -0.39 is 0 Å². The van der Waals surface area contributed by atoms with E-state index in [-0.39, 0.29) is 5.76 Å². The number of anilines is 1. The average molecular weight is 344 g/mol. The highest BCUT2D eigenvalue weighted by atomic mass is 16.3. The van der Waals surface area contributed by atoms with Gasteiger partial charge in [-0.25, -0.2) is 0 Å². The summed E-state index contributed by atoms with van der Waals surface area (Å²) < 4.78 is 0. The van der Waals surface area contributed by atoms with Gasteiger partial charge < -0.3 is 15.3 Å². The summed E-state index contributed by atoms with van der Waals surface area (Å²) in [5.74, 6) is 0.940. The Morgan fingerprint density at radius 2 is 1.84 bits per heavy atom. The zero-order valence-electron chi connectivity index (χ0n) is 16.3.